The Labute approximate surface area is 101 Å². The van der Waals surface area contributed by atoms with Crippen molar-refractivity contribution in [3.05, 3.63) is 34.5 Å². The quantitative estimate of drug-likeness (QED) is 0.539. The van der Waals surface area contributed by atoms with E-state index in [9.17, 15) is 0 Å². The molecule has 0 saturated carbocycles. The van der Waals surface area contributed by atoms with Gasteiger partial charge in [0.25, 0.3) is 0 Å². The smallest absolute Gasteiger partial charge is 0.0672 e. The van der Waals surface area contributed by atoms with E-state index >= 15 is 0 Å². The summed E-state index contributed by atoms with van der Waals surface area (Å²) in [5, 5.41) is 7.56. The standard InChI is InChI=1S/C12H20N2OS/c1-10(2)8-15-5-4-14-12(7-13)11-3-6-16-9-11/h3,6,9,12,14H,1,4-5,7-8,13H2,2H3. The molecule has 0 radical (unpaired) electrons. The van der Waals surface area contributed by atoms with E-state index in [1.165, 1.54) is 5.56 Å². The Morgan fingerprint density at radius 2 is 2.50 bits per heavy atom. The van der Waals surface area contributed by atoms with Gasteiger partial charge in [-0.1, -0.05) is 12.2 Å². The van der Waals surface area contributed by atoms with Crippen LogP contribution in [0.15, 0.2) is 29.0 Å². The third-order valence-electron chi connectivity index (χ3n) is 2.17. The van der Waals surface area contributed by atoms with Gasteiger partial charge >= 0.3 is 0 Å². The molecule has 1 unspecified atom stereocenters. The monoisotopic (exact) mass is 240 g/mol. The minimum atomic E-state index is 0.236. The van der Waals surface area contributed by atoms with Crippen molar-refractivity contribution >= 4 is 11.3 Å². The Balaban J connectivity index is 2.18. The first-order valence-corrected chi connectivity index (χ1v) is 6.36. The first-order valence-electron chi connectivity index (χ1n) is 5.41. The molecule has 3 N–H and O–H groups in total. The maximum absolute atomic E-state index is 5.71. The third kappa shape index (κ3) is 4.90. The summed E-state index contributed by atoms with van der Waals surface area (Å²) in [6.45, 7) is 8.48. The van der Waals surface area contributed by atoms with Crippen LogP contribution in [0.1, 0.15) is 18.5 Å². The van der Waals surface area contributed by atoms with E-state index in [2.05, 4.69) is 28.7 Å². The van der Waals surface area contributed by atoms with Crippen LogP contribution in [0.3, 0.4) is 0 Å². The summed E-state index contributed by atoms with van der Waals surface area (Å²) in [5.41, 5.74) is 8.02. The molecule has 0 aliphatic carbocycles. The summed E-state index contributed by atoms with van der Waals surface area (Å²) >= 11 is 1.69. The molecule has 1 atom stereocenters. The zero-order valence-corrected chi connectivity index (χ0v) is 10.6. The van der Waals surface area contributed by atoms with Crippen molar-refractivity contribution < 1.29 is 4.74 Å². The van der Waals surface area contributed by atoms with Crippen molar-refractivity contribution in [3.63, 3.8) is 0 Å². The minimum absolute atomic E-state index is 0.236. The fourth-order valence-corrected chi connectivity index (χ4v) is 2.08. The first kappa shape index (κ1) is 13.4. The lowest BCUT2D eigenvalue weighted by molar-refractivity contribution is 0.155. The molecule has 1 rings (SSSR count). The molecule has 4 heteroatoms. The molecule has 1 aromatic heterocycles. The fourth-order valence-electron chi connectivity index (χ4n) is 1.36. The first-order chi connectivity index (χ1) is 7.74. The number of nitrogens with one attached hydrogen (secondary N) is 1. The lowest BCUT2D eigenvalue weighted by atomic mass is 10.1. The third-order valence-corrected chi connectivity index (χ3v) is 2.87. The van der Waals surface area contributed by atoms with Crippen LogP contribution in [-0.4, -0.2) is 26.3 Å². The SMILES string of the molecule is C=C(C)COCCNC(CN)c1ccsc1. The van der Waals surface area contributed by atoms with Gasteiger partial charge in [-0.25, -0.2) is 0 Å². The Morgan fingerprint density at radius 3 is 3.06 bits per heavy atom. The second kappa shape index (κ2) is 7.57. The number of rotatable bonds is 8. The van der Waals surface area contributed by atoms with Gasteiger partial charge in [0, 0.05) is 19.1 Å². The predicted molar refractivity (Wildman–Crippen MR) is 69.8 cm³/mol. The average Bonchev–Trinajstić information content (AvgIpc) is 2.76. The molecule has 0 aliphatic rings. The van der Waals surface area contributed by atoms with Gasteiger partial charge < -0.3 is 15.8 Å². The van der Waals surface area contributed by atoms with Crippen molar-refractivity contribution in [2.75, 3.05) is 26.3 Å². The van der Waals surface area contributed by atoms with Crippen molar-refractivity contribution in [1.29, 1.82) is 0 Å². The fraction of sp³-hybridized carbons (Fsp3) is 0.500. The second-order valence-corrected chi connectivity index (χ2v) is 4.59. The van der Waals surface area contributed by atoms with Gasteiger partial charge in [0.15, 0.2) is 0 Å². The molecule has 90 valence electrons. The number of nitrogens with two attached hydrogens (primary N) is 1. The van der Waals surface area contributed by atoms with Crippen LogP contribution in [-0.2, 0) is 4.74 Å². The molecule has 1 aromatic rings. The molecule has 0 aliphatic heterocycles. The van der Waals surface area contributed by atoms with Crippen LogP contribution >= 0.6 is 11.3 Å². The Kier molecular flexibility index (Phi) is 6.33. The lowest BCUT2D eigenvalue weighted by Crippen LogP contribution is -2.30. The molecular weight excluding hydrogens is 220 g/mol. The van der Waals surface area contributed by atoms with Gasteiger partial charge in [-0.05, 0) is 29.3 Å². The van der Waals surface area contributed by atoms with Gasteiger partial charge in [0.05, 0.1) is 13.2 Å². The van der Waals surface area contributed by atoms with Gasteiger partial charge in [0.2, 0.25) is 0 Å². The van der Waals surface area contributed by atoms with Crippen molar-refractivity contribution in [2.45, 2.75) is 13.0 Å². The van der Waals surface area contributed by atoms with Gasteiger partial charge in [-0.3, -0.25) is 0 Å². The van der Waals surface area contributed by atoms with Crippen LogP contribution in [0, 0.1) is 0 Å². The van der Waals surface area contributed by atoms with Crippen LogP contribution in [0.25, 0.3) is 0 Å². The maximum Gasteiger partial charge on any atom is 0.0672 e. The number of hydrogen-bond donors (Lipinski definition) is 2. The van der Waals surface area contributed by atoms with E-state index in [-0.39, 0.29) is 6.04 Å². The normalized spacial score (nSPS) is 12.6. The van der Waals surface area contributed by atoms with Crippen LogP contribution in [0.4, 0.5) is 0 Å². The summed E-state index contributed by atoms with van der Waals surface area (Å²) in [6, 6.07) is 2.34. The van der Waals surface area contributed by atoms with E-state index in [1.807, 2.05) is 6.92 Å². The summed E-state index contributed by atoms with van der Waals surface area (Å²) in [7, 11) is 0. The van der Waals surface area contributed by atoms with Crippen LogP contribution < -0.4 is 11.1 Å². The zero-order valence-electron chi connectivity index (χ0n) is 9.74. The average molecular weight is 240 g/mol. The summed E-state index contributed by atoms with van der Waals surface area (Å²) in [6.07, 6.45) is 0. The molecule has 1 heterocycles. The largest absolute Gasteiger partial charge is 0.376 e. The molecule has 0 bridgehead atoms. The molecule has 0 spiro atoms. The number of thiophene rings is 1. The summed E-state index contributed by atoms with van der Waals surface area (Å²) in [4.78, 5) is 0. The summed E-state index contributed by atoms with van der Waals surface area (Å²) in [5.74, 6) is 0. The number of hydrogen-bond acceptors (Lipinski definition) is 4. The van der Waals surface area contributed by atoms with Crippen LogP contribution in [0.2, 0.25) is 0 Å². The van der Waals surface area contributed by atoms with E-state index in [1.54, 1.807) is 11.3 Å². The predicted octanol–water partition coefficient (Wildman–Crippen LogP) is 1.93. The van der Waals surface area contributed by atoms with Gasteiger partial charge in [-0.2, -0.15) is 11.3 Å². The number of ether oxygens (including phenoxy) is 1. The highest BCUT2D eigenvalue weighted by Crippen LogP contribution is 2.14. The van der Waals surface area contributed by atoms with Crippen molar-refractivity contribution in [1.82, 2.24) is 5.32 Å². The van der Waals surface area contributed by atoms with E-state index in [0.29, 0.717) is 19.8 Å². The highest BCUT2D eigenvalue weighted by molar-refractivity contribution is 7.07. The van der Waals surface area contributed by atoms with E-state index < -0.39 is 0 Å². The molecular formula is C12H20N2OS. The highest BCUT2D eigenvalue weighted by atomic mass is 32.1. The molecule has 0 fully saturated rings. The molecule has 0 amide bonds. The zero-order chi connectivity index (χ0) is 11.8. The molecule has 0 saturated heterocycles. The van der Waals surface area contributed by atoms with Crippen molar-refractivity contribution in [3.8, 4) is 0 Å². The Hall–Kier alpha value is -0.680. The minimum Gasteiger partial charge on any atom is -0.376 e. The van der Waals surface area contributed by atoms with Crippen molar-refractivity contribution in [2.24, 2.45) is 5.73 Å². The highest BCUT2D eigenvalue weighted by Gasteiger charge is 2.08. The van der Waals surface area contributed by atoms with E-state index in [0.717, 1.165) is 12.1 Å². The van der Waals surface area contributed by atoms with E-state index in [4.69, 9.17) is 10.5 Å². The maximum atomic E-state index is 5.71. The van der Waals surface area contributed by atoms with Gasteiger partial charge in [-0.15, -0.1) is 0 Å². The van der Waals surface area contributed by atoms with Gasteiger partial charge in [0.1, 0.15) is 0 Å². The van der Waals surface area contributed by atoms with Crippen LogP contribution in [0.5, 0.6) is 0 Å². The summed E-state index contributed by atoms with van der Waals surface area (Å²) < 4.78 is 5.41. The Bertz CT molecular complexity index is 298. The molecule has 16 heavy (non-hydrogen) atoms. The molecule has 0 aromatic carbocycles. The molecule has 3 nitrogen and oxygen atoms in total. The lowest BCUT2D eigenvalue weighted by Gasteiger charge is -2.15. The second-order valence-electron chi connectivity index (χ2n) is 3.81. The topological polar surface area (TPSA) is 47.3 Å². The Morgan fingerprint density at radius 1 is 1.69 bits per heavy atom.